The van der Waals surface area contributed by atoms with Crippen molar-refractivity contribution >= 4 is 47.3 Å². The average molecular weight is 984 g/mol. The van der Waals surface area contributed by atoms with Gasteiger partial charge in [-0.25, -0.2) is 4.79 Å². The van der Waals surface area contributed by atoms with Crippen molar-refractivity contribution in [3.63, 3.8) is 0 Å². The van der Waals surface area contributed by atoms with Crippen molar-refractivity contribution < 1.29 is 74.1 Å². The van der Waals surface area contributed by atoms with E-state index in [0.717, 1.165) is 16.7 Å². The number of nitrogens with one attached hydrogen (secondary N) is 4. The second-order valence-corrected chi connectivity index (χ2v) is 18.0. The van der Waals surface area contributed by atoms with Crippen LogP contribution in [0.2, 0.25) is 0 Å². The fourth-order valence-electron chi connectivity index (χ4n) is 8.93. The lowest BCUT2D eigenvalue weighted by atomic mass is 10.0. The summed E-state index contributed by atoms with van der Waals surface area (Å²) >= 11 is 0. The molecule has 3 aliphatic rings. The Balaban J connectivity index is 1.33. The van der Waals surface area contributed by atoms with Gasteiger partial charge in [-0.2, -0.15) is 0 Å². The molecule has 0 bridgehead atoms. The fraction of sp³-hybridized carbons (Fsp3) is 0.565. The number of β-amino-alcohol motifs (C(OH)–C–C–N with tert-alkyl or cyclic N) is 2. The minimum atomic E-state index is -1.81. The van der Waals surface area contributed by atoms with Gasteiger partial charge in [0.25, 0.3) is 0 Å². The zero-order chi connectivity index (χ0) is 51.4. The van der Waals surface area contributed by atoms with E-state index >= 15 is 0 Å². The number of nitrogens with two attached hydrogens (primary N) is 2. The Bertz CT molecular complexity index is 2180. The SMILES string of the molecule is C[C@@H](O)[C@H](NC(=O)[C@@H]1C[C@@H](O)CN1C(=O)[C@H](Cc1ccc(O)cc1)NC(=O)[C@H](CO)NC(=O)[C@@H]1CCCN1C(=O)[C@@H](N)CCCCN)C(=O)N[C@@H](Cc1ccc(O)cc1)C(=O)N1C[C@H](O)C[C@H]1C(=O)O. The maximum absolute atomic E-state index is 14.5. The van der Waals surface area contributed by atoms with Gasteiger partial charge >= 0.3 is 5.97 Å². The summed E-state index contributed by atoms with van der Waals surface area (Å²) < 4.78 is 0. The third kappa shape index (κ3) is 14.1. The van der Waals surface area contributed by atoms with Gasteiger partial charge in [-0.3, -0.25) is 33.6 Å². The van der Waals surface area contributed by atoms with Crippen molar-refractivity contribution in [2.45, 2.75) is 131 Å². The van der Waals surface area contributed by atoms with Gasteiger partial charge < -0.3 is 83.2 Å². The number of carbonyl (C=O) groups excluding carboxylic acids is 7. The molecule has 384 valence electrons. The van der Waals surface area contributed by atoms with Crippen molar-refractivity contribution in [2.24, 2.45) is 11.5 Å². The predicted molar refractivity (Wildman–Crippen MR) is 246 cm³/mol. The number of carbonyl (C=O) groups is 8. The van der Waals surface area contributed by atoms with E-state index in [1.54, 1.807) is 0 Å². The number of carboxylic acids is 1. The Morgan fingerprint density at radius 2 is 1.17 bits per heavy atom. The van der Waals surface area contributed by atoms with Gasteiger partial charge in [-0.15, -0.1) is 0 Å². The number of carboxylic acid groups (broad SMARTS) is 1. The molecule has 11 atom stereocenters. The highest BCUT2D eigenvalue weighted by Gasteiger charge is 2.46. The van der Waals surface area contributed by atoms with E-state index in [9.17, 15) is 74.1 Å². The zero-order valence-electron chi connectivity index (χ0n) is 38.8. The first kappa shape index (κ1) is 54.5. The number of aliphatic carboxylic acids is 1. The highest BCUT2D eigenvalue weighted by Crippen LogP contribution is 2.24. The highest BCUT2D eigenvalue weighted by atomic mass is 16.4. The molecule has 0 spiro atoms. The van der Waals surface area contributed by atoms with Crippen LogP contribution in [0.15, 0.2) is 48.5 Å². The number of unbranched alkanes of at least 4 members (excludes halogenated alkanes) is 1. The standard InChI is InChI=1S/C46H65N9O15/c1-24(57)38(42(65)50-33(18-26-9-13-28(59)14-10-26)45(68)55-22-30(61)20-37(55)46(69)70)52-41(64)36-19-29(60)21-54(36)44(67)32(17-25-7-11-27(58)12-8-25)49-39(62)34(23-56)51-40(63)35-6-4-16-53(35)43(66)31(48)5-2-3-15-47/h7-14,24,29-38,56-61H,2-6,15-23,47-48H2,1H3,(H,49,62)(H,50,65)(H,51,63)(H,52,64)(H,69,70)/t24-,29-,30-,31+,32+,33+,34+,35+,36+,37+,38+/m1/s1. The molecular formula is C46H65N9O15. The highest BCUT2D eigenvalue weighted by molar-refractivity contribution is 5.98. The molecule has 7 amide bonds. The second kappa shape index (κ2) is 24.9. The number of hydrogen-bond acceptors (Lipinski definition) is 16. The first-order valence-electron chi connectivity index (χ1n) is 23.2. The van der Waals surface area contributed by atoms with E-state index < -0.39 is 127 Å². The van der Waals surface area contributed by atoms with Crippen LogP contribution in [0.3, 0.4) is 0 Å². The number of aliphatic hydroxyl groups excluding tert-OH is 4. The number of rotatable bonds is 22. The number of phenols is 2. The smallest absolute Gasteiger partial charge is 0.326 e. The van der Waals surface area contributed by atoms with Crippen molar-refractivity contribution in [3.05, 3.63) is 59.7 Å². The molecule has 3 saturated heterocycles. The molecule has 5 rings (SSSR count). The van der Waals surface area contributed by atoms with Gasteiger partial charge in [0.1, 0.15) is 53.8 Å². The van der Waals surface area contributed by atoms with E-state index in [0.29, 0.717) is 43.4 Å². The van der Waals surface area contributed by atoms with Gasteiger partial charge in [0.05, 0.1) is 31.0 Å². The van der Waals surface area contributed by atoms with Gasteiger partial charge in [-0.05, 0) is 74.5 Å². The summed E-state index contributed by atoms with van der Waals surface area (Å²) in [6.07, 6.45) is -2.96. The Morgan fingerprint density at radius 1 is 0.671 bits per heavy atom. The van der Waals surface area contributed by atoms with E-state index in [1.165, 1.54) is 53.4 Å². The second-order valence-electron chi connectivity index (χ2n) is 18.0. The van der Waals surface area contributed by atoms with Crippen molar-refractivity contribution in [1.29, 1.82) is 0 Å². The lowest BCUT2D eigenvalue weighted by Gasteiger charge is -2.32. The van der Waals surface area contributed by atoms with Crippen LogP contribution in [0, 0.1) is 0 Å². The summed E-state index contributed by atoms with van der Waals surface area (Å²) in [6.45, 7) is 0.0776. The van der Waals surface area contributed by atoms with Crippen LogP contribution in [0.5, 0.6) is 11.5 Å². The first-order chi connectivity index (χ1) is 33.2. The van der Waals surface area contributed by atoms with E-state index in [2.05, 4.69) is 21.3 Å². The Hall–Kier alpha value is -6.44. The molecule has 3 fully saturated rings. The van der Waals surface area contributed by atoms with Crippen molar-refractivity contribution in [2.75, 3.05) is 32.8 Å². The average Bonchev–Trinajstić information content (AvgIpc) is 4.08. The predicted octanol–water partition coefficient (Wildman–Crippen LogP) is -4.35. The molecule has 2 aromatic rings. The lowest BCUT2D eigenvalue weighted by Crippen LogP contribution is -2.62. The molecule has 3 heterocycles. The van der Waals surface area contributed by atoms with Gasteiger partial charge in [-0.1, -0.05) is 30.7 Å². The normalized spacial score (nSPS) is 22.6. The molecule has 0 radical (unpaired) electrons. The van der Waals surface area contributed by atoms with Gasteiger partial charge in [0.2, 0.25) is 41.4 Å². The van der Waals surface area contributed by atoms with E-state index in [-0.39, 0.29) is 56.7 Å². The fourth-order valence-corrected chi connectivity index (χ4v) is 8.93. The number of hydrogen-bond donors (Lipinski definition) is 13. The minimum Gasteiger partial charge on any atom is -0.508 e. The van der Waals surface area contributed by atoms with Crippen LogP contribution >= 0.6 is 0 Å². The maximum Gasteiger partial charge on any atom is 0.326 e. The topological polar surface area (TPSA) is 388 Å². The zero-order valence-corrected chi connectivity index (χ0v) is 38.8. The summed E-state index contributed by atoms with van der Waals surface area (Å²) in [7, 11) is 0. The molecular weight excluding hydrogens is 919 g/mol. The third-order valence-electron chi connectivity index (χ3n) is 12.7. The van der Waals surface area contributed by atoms with Crippen LogP contribution in [-0.2, 0) is 51.2 Å². The first-order valence-corrected chi connectivity index (χ1v) is 23.2. The molecule has 24 nitrogen and oxygen atoms in total. The Kier molecular flexibility index (Phi) is 19.4. The molecule has 2 aromatic carbocycles. The summed E-state index contributed by atoms with van der Waals surface area (Å²) in [5.74, 6) is -7.79. The summed E-state index contributed by atoms with van der Waals surface area (Å²) in [5, 5.41) is 81.6. The quantitative estimate of drug-likeness (QED) is 0.0496. The third-order valence-corrected chi connectivity index (χ3v) is 12.7. The molecule has 0 aromatic heterocycles. The van der Waals surface area contributed by atoms with Crippen molar-refractivity contribution in [1.82, 2.24) is 36.0 Å². The molecule has 0 saturated carbocycles. The molecule has 0 aliphatic carbocycles. The van der Waals surface area contributed by atoms with Crippen LogP contribution in [0.1, 0.15) is 63.0 Å². The molecule has 70 heavy (non-hydrogen) atoms. The lowest BCUT2D eigenvalue weighted by molar-refractivity contribution is -0.149. The Morgan fingerprint density at radius 3 is 1.67 bits per heavy atom. The van der Waals surface area contributed by atoms with Gasteiger partial charge in [0, 0.05) is 45.3 Å². The van der Waals surface area contributed by atoms with E-state index in [1.807, 2.05) is 0 Å². The van der Waals surface area contributed by atoms with Crippen molar-refractivity contribution in [3.8, 4) is 11.5 Å². The minimum absolute atomic E-state index is 0.101. The molecule has 24 heteroatoms. The number of likely N-dealkylation sites (tertiary alicyclic amines) is 3. The number of amides is 7. The van der Waals surface area contributed by atoms with Crippen LogP contribution in [0.4, 0.5) is 0 Å². The maximum atomic E-state index is 14.5. The number of aliphatic hydroxyl groups is 4. The molecule has 3 aliphatic heterocycles. The summed E-state index contributed by atoms with van der Waals surface area (Å²) in [6, 6.07) is -0.209. The van der Waals surface area contributed by atoms with Crippen LogP contribution < -0.4 is 32.7 Å². The number of phenolic OH excluding ortho intramolecular Hbond substituents is 2. The van der Waals surface area contributed by atoms with Crippen LogP contribution in [0.25, 0.3) is 0 Å². The monoisotopic (exact) mass is 983 g/mol. The van der Waals surface area contributed by atoms with E-state index in [4.69, 9.17) is 11.5 Å². The summed E-state index contributed by atoms with van der Waals surface area (Å²) in [4.78, 5) is 112. The van der Waals surface area contributed by atoms with Crippen LogP contribution in [-0.4, -0.2) is 197 Å². The number of nitrogens with zero attached hydrogens (tertiary/aromatic N) is 3. The molecule has 15 N–H and O–H groups in total. The van der Waals surface area contributed by atoms with Gasteiger partial charge in [0.15, 0.2) is 0 Å². The largest absolute Gasteiger partial charge is 0.508 e. The number of aromatic hydroxyl groups is 2. The summed E-state index contributed by atoms with van der Waals surface area (Å²) in [5.41, 5.74) is 12.5. The Labute approximate surface area is 403 Å². The number of benzene rings is 2. The molecule has 0 unspecified atom stereocenters.